The third kappa shape index (κ3) is 3.70. The maximum atomic E-state index is 13.4. The van der Waals surface area contributed by atoms with Crippen molar-refractivity contribution in [1.82, 2.24) is 4.90 Å². The van der Waals surface area contributed by atoms with Gasteiger partial charge in [-0.3, -0.25) is 14.3 Å². The van der Waals surface area contributed by atoms with Crippen LogP contribution in [0.15, 0.2) is 53.1 Å². The van der Waals surface area contributed by atoms with Crippen molar-refractivity contribution in [3.8, 4) is 0 Å². The molecule has 0 unspecified atom stereocenters. The van der Waals surface area contributed by atoms with Crippen LogP contribution in [0.25, 0.3) is 0 Å². The van der Waals surface area contributed by atoms with E-state index in [9.17, 15) is 18.0 Å². The minimum Gasteiger partial charge on any atom is -0.368 e. The number of anilines is 1. The standard InChI is InChI=1S/C22H24N2O4S/c1-5-24(6-2)19-20(25)16-9-7-8-10-17(16)21(26)22(19)29(27,28)23-18-13-14(3)11-12-15(18)4/h7-13,23H,5-6H2,1-4H3. The van der Waals surface area contributed by atoms with Gasteiger partial charge < -0.3 is 4.90 Å². The van der Waals surface area contributed by atoms with Gasteiger partial charge in [0.25, 0.3) is 10.0 Å². The number of aryl methyl sites for hydroxylation is 2. The summed E-state index contributed by atoms with van der Waals surface area (Å²) in [7, 11) is -4.30. The SMILES string of the molecule is CCN(CC)C1=C(S(=O)(=O)Nc2cc(C)ccc2C)C(=O)c2ccccc2C1=O. The predicted octanol–water partition coefficient (Wildman–Crippen LogP) is 3.68. The summed E-state index contributed by atoms with van der Waals surface area (Å²) in [5.41, 5.74) is 2.24. The van der Waals surface area contributed by atoms with Crippen LogP contribution in [0.4, 0.5) is 5.69 Å². The summed E-state index contributed by atoms with van der Waals surface area (Å²) >= 11 is 0. The van der Waals surface area contributed by atoms with Crippen LogP contribution in [0.2, 0.25) is 0 Å². The van der Waals surface area contributed by atoms with Crippen LogP contribution in [-0.2, 0) is 10.0 Å². The van der Waals surface area contributed by atoms with E-state index in [4.69, 9.17) is 0 Å². The lowest BCUT2D eigenvalue weighted by molar-refractivity contribution is 0.0949. The van der Waals surface area contributed by atoms with Crippen LogP contribution in [0.1, 0.15) is 45.7 Å². The van der Waals surface area contributed by atoms with Gasteiger partial charge in [0.2, 0.25) is 11.6 Å². The summed E-state index contributed by atoms with van der Waals surface area (Å²) in [6.07, 6.45) is 0. The fourth-order valence-electron chi connectivity index (χ4n) is 3.46. The molecule has 29 heavy (non-hydrogen) atoms. The first kappa shape index (κ1) is 20.8. The second kappa shape index (κ2) is 7.83. The van der Waals surface area contributed by atoms with Crippen molar-refractivity contribution in [2.45, 2.75) is 27.7 Å². The molecule has 0 bridgehead atoms. The lowest BCUT2D eigenvalue weighted by atomic mass is 9.92. The summed E-state index contributed by atoms with van der Waals surface area (Å²) in [6.45, 7) is 8.06. The molecular weight excluding hydrogens is 388 g/mol. The number of nitrogens with zero attached hydrogens (tertiary/aromatic N) is 1. The van der Waals surface area contributed by atoms with Gasteiger partial charge in [0.15, 0.2) is 4.91 Å². The van der Waals surface area contributed by atoms with E-state index in [-0.39, 0.29) is 16.8 Å². The highest BCUT2D eigenvalue weighted by atomic mass is 32.2. The van der Waals surface area contributed by atoms with Crippen molar-refractivity contribution < 1.29 is 18.0 Å². The second-order valence-electron chi connectivity index (χ2n) is 6.98. The molecule has 0 spiro atoms. The van der Waals surface area contributed by atoms with Gasteiger partial charge in [0.1, 0.15) is 5.70 Å². The Bertz CT molecular complexity index is 1130. The highest BCUT2D eigenvalue weighted by molar-refractivity contribution is 7.97. The van der Waals surface area contributed by atoms with E-state index >= 15 is 0 Å². The number of carbonyl (C=O) groups is 2. The fraction of sp³-hybridized carbons (Fsp3) is 0.273. The van der Waals surface area contributed by atoms with Gasteiger partial charge >= 0.3 is 0 Å². The number of Topliss-reactive ketones (excluding diaryl/α,β-unsaturated/α-hetero) is 2. The zero-order valence-corrected chi connectivity index (χ0v) is 17.8. The smallest absolute Gasteiger partial charge is 0.268 e. The van der Waals surface area contributed by atoms with E-state index < -0.39 is 26.5 Å². The summed E-state index contributed by atoms with van der Waals surface area (Å²) in [6, 6.07) is 11.7. The molecule has 1 aliphatic carbocycles. The lowest BCUT2D eigenvalue weighted by Crippen LogP contribution is -2.37. The molecule has 1 N–H and O–H groups in total. The van der Waals surface area contributed by atoms with Gasteiger partial charge in [-0.25, -0.2) is 8.42 Å². The lowest BCUT2D eigenvalue weighted by Gasteiger charge is -2.29. The maximum absolute atomic E-state index is 13.4. The number of sulfonamides is 1. The first-order valence-electron chi connectivity index (χ1n) is 9.49. The molecule has 0 heterocycles. The molecule has 0 aromatic heterocycles. The average Bonchev–Trinajstić information content (AvgIpc) is 2.69. The van der Waals surface area contributed by atoms with E-state index in [2.05, 4.69) is 4.72 Å². The quantitative estimate of drug-likeness (QED) is 0.783. The van der Waals surface area contributed by atoms with Crippen molar-refractivity contribution in [3.63, 3.8) is 0 Å². The minimum absolute atomic E-state index is 0.0727. The number of carbonyl (C=O) groups excluding carboxylic acids is 2. The van der Waals surface area contributed by atoms with Gasteiger partial charge in [-0.1, -0.05) is 36.4 Å². The van der Waals surface area contributed by atoms with Crippen molar-refractivity contribution in [1.29, 1.82) is 0 Å². The molecule has 2 aromatic rings. The predicted molar refractivity (Wildman–Crippen MR) is 114 cm³/mol. The summed E-state index contributed by atoms with van der Waals surface area (Å²) in [5, 5.41) is 0. The van der Waals surface area contributed by atoms with Crippen molar-refractivity contribution in [2.75, 3.05) is 17.8 Å². The molecule has 6 nitrogen and oxygen atoms in total. The first-order chi connectivity index (χ1) is 13.7. The van der Waals surface area contributed by atoms with Gasteiger partial charge in [0, 0.05) is 24.2 Å². The van der Waals surface area contributed by atoms with Crippen LogP contribution < -0.4 is 4.72 Å². The minimum atomic E-state index is -4.30. The molecular formula is C22H24N2O4S. The monoisotopic (exact) mass is 412 g/mol. The Balaban J connectivity index is 2.23. The molecule has 1 aliphatic rings. The zero-order chi connectivity index (χ0) is 21.3. The van der Waals surface area contributed by atoms with Gasteiger partial charge in [-0.05, 0) is 44.9 Å². The van der Waals surface area contributed by atoms with E-state index in [1.807, 2.05) is 26.8 Å². The van der Waals surface area contributed by atoms with Crippen molar-refractivity contribution in [2.24, 2.45) is 0 Å². The van der Waals surface area contributed by atoms with Crippen LogP contribution in [0, 0.1) is 13.8 Å². The fourth-order valence-corrected chi connectivity index (χ4v) is 4.90. The molecule has 0 fully saturated rings. The number of rotatable bonds is 6. The van der Waals surface area contributed by atoms with E-state index in [1.54, 1.807) is 42.2 Å². The zero-order valence-electron chi connectivity index (χ0n) is 16.9. The number of likely N-dealkylation sites (N-methyl/N-ethyl adjacent to an activating group) is 1. The number of hydrogen-bond acceptors (Lipinski definition) is 5. The van der Waals surface area contributed by atoms with Crippen molar-refractivity contribution >= 4 is 27.3 Å². The molecule has 152 valence electrons. The van der Waals surface area contributed by atoms with Gasteiger partial charge in [-0.15, -0.1) is 0 Å². The Hall–Kier alpha value is -2.93. The summed E-state index contributed by atoms with van der Waals surface area (Å²) in [5.74, 6) is -1.12. The van der Waals surface area contributed by atoms with Crippen molar-refractivity contribution in [3.05, 3.63) is 75.3 Å². The Morgan fingerprint density at radius 2 is 1.48 bits per heavy atom. The van der Waals surface area contributed by atoms with Crippen LogP contribution in [0.5, 0.6) is 0 Å². The number of benzene rings is 2. The normalized spacial score (nSPS) is 14.1. The van der Waals surface area contributed by atoms with E-state index in [0.29, 0.717) is 18.8 Å². The van der Waals surface area contributed by atoms with Crippen LogP contribution in [0.3, 0.4) is 0 Å². The Morgan fingerprint density at radius 1 is 0.897 bits per heavy atom. The number of allylic oxidation sites excluding steroid dienone is 2. The topological polar surface area (TPSA) is 83.6 Å². The molecule has 0 saturated carbocycles. The van der Waals surface area contributed by atoms with Crippen LogP contribution >= 0.6 is 0 Å². The third-order valence-electron chi connectivity index (χ3n) is 5.04. The summed E-state index contributed by atoms with van der Waals surface area (Å²) < 4.78 is 29.3. The Kier molecular flexibility index (Phi) is 5.61. The molecule has 0 aliphatic heterocycles. The van der Waals surface area contributed by atoms with E-state index in [0.717, 1.165) is 11.1 Å². The van der Waals surface area contributed by atoms with Gasteiger partial charge in [-0.2, -0.15) is 0 Å². The Labute approximate surface area is 171 Å². The third-order valence-corrected chi connectivity index (χ3v) is 6.44. The molecule has 0 saturated heterocycles. The Morgan fingerprint density at radius 3 is 2.07 bits per heavy atom. The largest absolute Gasteiger partial charge is 0.368 e. The highest BCUT2D eigenvalue weighted by Gasteiger charge is 2.41. The number of nitrogens with one attached hydrogen (secondary N) is 1. The average molecular weight is 413 g/mol. The summed E-state index contributed by atoms with van der Waals surface area (Å²) in [4.78, 5) is 27.6. The van der Waals surface area contributed by atoms with Gasteiger partial charge in [0.05, 0.1) is 5.69 Å². The second-order valence-corrected chi connectivity index (χ2v) is 8.60. The molecule has 0 atom stereocenters. The molecule has 0 radical (unpaired) electrons. The van der Waals surface area contributed by atoms with E-state index in [1.165, 1.54) is 6.07 Å². The number of ketones is 2. The first-order valence-corrected chi connectivity index (χ1v) is 11.0. The molecule has 3 rings (SSSR count). The van der Waals surface area contributed by atoms with Crippen LogP contribution in [-0.4, -0.2) is 38.0 Å². The maximum Gasteiger partial charge on any atom is 0.268 e. The number of hydrogen-bond donors (Lipinski definition) is 1. The molecule has 2 aromatic carbocycles. The molecule has 7 heteroatoms. The number of fused-ring (bicyclic) bond motifs is 1. The highest BCUT2D eigenvalue weighted by Crippen LogP contribution is 2.32. The molecule has 0 amide bonds.